The maximum atomic E-state index is 6.53. The Morgan fingerprint density at radius 1 is 1.33 bits per heavy atom. The summed E-state index contributed by atoms with van der Waals surface area (Å²) in [5.41, 5.74) is 2.44. The molecule has 1 aromatic carbocycles. The molecule has 0 spiro atoms. The molecular weight excluding hydrogens is 300 g/mol. The fourth-order valence-corrected chi connectivity index (χ4v) is 3.92. The largest absolute Gasteiger partial charge is 0.369 e. The number of anilines is 1. The van der Waals surface area contributed by atoms with Crippen LogP contribution in [0.15, 0.2) is 18.2 Å². The highest BCUT2D eigenvalue weighted by atomic mass is 35.5. The van der Waals surface area contributed by atoms with Crippen molar-refractivity contribution in [3.8, 4) is 0 Å². The Hall–Kier alpha value is -0.380. The van der Waals surface area contributed by atoms with Crippen LogP contribution in [-0.4, -0.2) is 29.6 Å². The molecule has 1 aliphatic heterocycles. The Morgan fingerprint density at radius 2 is 2.10 bits per heavy atom. The zero-order chi connectivity index (χ0) is 15.5. The Bertz CT molecular complexity index is 474. The number of halogens is 1. The van der Waals surface area contributed by atoms with Gasteiger partial charge in [0, 0.05) is 36.2 Å². The number of hydrogen-bond donors (Lipinski definition) is 1. The van der Waals surface area contributed by atoms with Crippen LogP contribution in [0.1, 0.15) is 39.7 Å². The van der Waals surface area contributed by atoms with Crippen LogP contribution in [0.4, 0.5) is 5.69 Å². The van der Waals surface area contributed by atoms with Gasteiger partial charge < -0.3 is 10.2 Å². The summed E-state index contributed by atoms with van der Waals surface area (Å²) in [4.78, 5) is 2.43. The van der Waals surface area contributed by atoms with Crippen molar-refractivity contribution >= 4 is 29.1 Å². The third-order valence-corrected chi connectivity index (χ3v) is 5.58. The summed E-state index contributed by atoms with van der Waals surface area (Å²) in [7, 11) is 0. The van der Waals surface area contributed by atoms with Crippen LogP contribution >= 0.6 is 23.4 Å². The minimum atomic E-state index is 0.377. The van der Waals surface area contributed by atoms with Crippen LogP contribution in [0.2, 0.25) is 5.02 Å². The second kappa shape index (κ2) is 7.26. The van der Waals surface area contributed by atoms with Crippen molar-refractivity contribution in [1.82, 2.24) is 5.32 Å². The molecule has 1 fully saturated rings. The number of rotatable bonds is 4. The first-order chi connectivity index (χ1) is 9.87. The van der Waals surface area contributed by atoms with Crippen molar-refractivity contribution in [1.29, 1.82) is 0 Å². The maximum absolute atomic E-state index is 6.53. The Kier molecular flexibility index (Phi) is 5.87. The first-order valence-electron chi connectivity index (χ1n) is 7.78. The SMILES string of the molecule is CC(C)NCc1ccc(N2CCSC(C)(C)CC2)c(Cl)c1. The average molecular weight is 327 g/mol. The molecule has 0 bridgehead atoms. The van der Waals surface area contributed by atoms with Gasteiger partial charge in [-0.15, -0.1) is 0 Å². The summed E-state index contributed by atoms with van der Waals surface area (Å²) >= 11 is 8.59. The van der Waals surface area contributed by atoms with Crippen LogP contribution < -0.4 is 10.2 Å². The third kappa shape index (κ3) is 5.08. The summed E-state index contributed by atoms with van der Waals surface area (Å²) < 4.78 is 0.377. The van der Waals surface area contributed by atoms with Gasteiger partial charge in [0.2, 0.25) is 0 Å². The fourth-order valence-electron chi connectivity index (χ4n) is 2.50. The zero-order valence-corrected chi connectivity index (χ0v) is 15.2. The molecule has 1 heterocycles. The standard InChI is InChI=1S/C17H27ClN2S/c1-13(2)19-12-14-5-6-16(15(18)11-14)20-8-7-17(3,4)21-10-9-20/h5-6,11,13,19H,7-10,12H2,1-4H3. The Morgan fingerprint density at radius 3 is 2.76 bits per heavy atom. The number of hydrogen-bond acceptors (Lipinski definition) is 3. The van der Waals surface area contributed by atoms with Gasteiger partial charge in [0.25, 0.3) is 0 Å². The second-order valence-corrected chi connectivity index (χ2v) is 8.88. The molecule has 0 unspecified atom stereocenters. The zero-order valence-electron chi connectivity index (χ0n) is 13.6. The lowest BCUT2D eigenvalue weighted by molar-refractivity contribution is 0.589. The number of nitrogens with zero attached hydrogens (tertiary/aromatic N) is 1. The van der Waals surface area contributed by atoms with Gasteiger partial charge in [0.05, 0.1) is 10.7 Å². The van der Waals surface area contributed by atoms with Gasteiger partial charge in [0.1, 0.15) is 0 Å². The van der Waals surface area contributed by atoms with Crippen LogP contribution in [0.3, 0.4) is 0 Å². The van der Waals surface area contributed by atoms with Gasteiger partial charge in [0.15, 0.2) is 0 Å². The highest BCUT2D eigenvalue weighted by Gasteiger charge is 2.24. The molecule has 0 amide bonds. The Labute approximate surface area is 138 Å². The van der Waals surface area contributed by atoms with Crippen LogP contribution in [0, 0.1) is 0 Å². The van der Waals surface area contributed by atoms with E-state index in [1.54, 1.807) is 0 Å². The van der Waals surface area contributed by atoms with Gasteiger partial charge in [-0.1, -0.05) is 45.4 Å². The van der Waals surface area contributed by atoms with Gasteiger partial charge in [-0.25, -0.2) is 0 Å². The Balaban J connectivity index is 2.06. The predicted octanol–water partition coefficient (Wildman–Crippen LogP) is 4.56. The fraction of sp³-hybridized carbons (Fsp3) is 0.647. The molecule has 0 aliphatic carbocycles. The molecule has 1 aliphatic rings. The second-order valence-electron chi connectivity index (χ2n) is 6.67. The molecule has 1 N–H and O–H groups in total. The number of nitrogens with one attached hydrogen (secondary N) is 1. The molecule has 1 aromatic rings. The molecule has 4 heteroatoms. The predicted molar refractivity (Wildman–Crippen MR) is 96.8 cm³/mol. The van der Waals surface area contributed by atoms with Crippen LogP contribution in [-0.2, 0) is 6.54 Å². The van der Waals surface area contributed by atoms with Crippen molar-refractivity contribution in [3.63, 3.8) is 0 Å². The van der Waals surface area contributed by atoms with Crippen molar-refractivity contribution in [2.24, 2.45) is 0 Å². The molecule has 2 nitrogen and oxygen atoms in total. The maximum Gasteiger partial charge on any atom is 0.0642 e. The molecule has 1 saturated heterocycles. The molecule has 0 aromatic heterocycles. The normalized spacial score (nSPS) is 18.9. The summed E-state index contributed by atoms with van der Waals surface area (Å²) in [6.07, 6.45) is 1.20. The van der Waals surface area contributed by atoms with Gasteiger partial charge in [-0.3, -0.25) is 0 Å². The van der Waals surface area contributed by atoms with E-state index in [-0.39, 0.29) is 0 Å². The molecule has 0 atom stereocenters. The minimum Gasteiger partial charge on any atom is -0.369 e. The van der Waals surface area contributed by atoms with Crippen molar-refractivity contribution in [2.75, 3.05) is 23.7 Å². The van der Waals surface area contributed by atoms with E-state index in [0.29, 0.717) is 10.8 Å². The lowest BCUT2D eigenvalue weighted by atomic mass is 10.1. The molecule has 118 valence electrons. The highest BCUT2D eigenvalue weighted by Crippen LogP contribution is 2.34. The van der Waals surface area contributed by atoms with E-state index < -0.39 is 0 Å². The molecular formula is C17H27ClN2S. The quantitative estimate of drug-likeness (QED) is 0.873. The summed E-state index contributed by atoms with van der Waals surface area (Å²) in [5.74, 6) is 1.17. The van der Waals surface area contributed by atoms with Crippen molar-refractivity contribution in [3.05, 3.63) is 28.8 Å². The van der Waals surface area contributed by atoms with Gasteiger partial charge in [-0.05, 0) is 24.1 Å². The summed E-state index contributed by atoms with van der Waals surface area (Å²) in [6.45, 7) is 12.0. The topological polar surface area (TPSA) is 15.3 Å². The number of thioether (sulfide) groups is 1. The lowest BCUT2D eigenvalue weighted by Crippen LogP contribution is -2.27. The molecule has 21 heavy (non-hydrogen) atoms. The first kappa shape index (κ1) is 17.0. The van der Waals surface area contributed by atoms with E-state index in [4.69, 9.17) is 11.6 Å². The van der Waals surface area contributed by atoms with Crippen LogP contribution in [0.25, 0.3) is 0 Å². The third-order valence-electron chi connectivity index (χ3n) is 3.91. The van der Waals surface area contributed by atoms with Crippen LogP contribution in [0.5, 0.6) is 0 Å². The highest BCUT2D eigenvalue weighted by molar-refractivity contribution is 8.00. The summed E-state index contributed by atoms with van der Waals surface area (Å²) in [5, 5.41) is 4.31. The smallest absolute Gasteiger partial charge is 0.0642 e. The van der Waals surface area contributed by atoms with E-state index in [9.17, 15) is 0 Å². The molecule has 0 radical (unpaired) electrons. The first-order valence-corrected chi connectivity index (χ1v) is 9.14. The lowest BCUT2D eigenvalue weighted by Gasteiger charge is -2.25. The number of benzene rings is 1. The van der Waals surface area contributed by atoms with Gasteiger partial charge in [-0.2, -0.15) is 11.8 Å². The van der Waals surface area contributed by atoms with E-state index in [1.807, 2.05) is 0 Å². The van der Waals surface area contributed by atoms with Crippen molar-refractivity contribution < 1.29 is 0 Å². The monoisotopic (exact) mass is 326 g/mol. The van der Waals surface area contributed by atoms with E-state index in [0.717, 1.165) is 24.7 Å². The van der Waals surface area contributed by atoms with E-state index in [2.05, 4.69) is 67.9 Å². The minimum absolute atomic E-state index is 0.377. The van der Waals surface area contributed by atoms with E-state index >= 15 is 0 Å². The molecule has 2 rings (SSSR count). The average Bonchev–Trinajstić information content (AvgIpc) is 2.58. The van der Waals surface area contributed by atoms with Crippen molar-refractivity contribution in [2.45, 2.75) is 51.4 Å². The van der Waals surface area contributed by atoms with E-state index in [1.165, 1.54) is 23.4 Å². The van der Waals surface area contributed by atoms with Gasteiger partial charge >= 0.3 is 0 Å². The summed E-state index contributed by atoms with van der Waals surface area (Å²) in [6, 6.07) is 6.98. The molecule has 0 saturated carbocycles.